The van der Waals surface area contributed by atoms with E-state index in [1.807, 2.05) is 4.90 Å². The molecule has 1 aliphatic carbocycles. The Morgan fingerprint density at radius 1 is 1.18 bits per heavy atom. The smallest absolute Gasteiger partial charge is 0.311 e. The number of carbonyl (C=O) groups is 2. The first-order valence-electron chi connectivity index (χ1n) is 10.6. The predicted octanol–water partition coefficient (Wildman–Crippen LogP) is 3.81. The molecule has 1 saturated carbocycles. The predicted molar refractivity (Wildman–Crippen MR) is 110 cm³/mol. The molecular formula is C23H34N2O3. The molecule has 2 fully saturated rings. The number of nitrogens with one attached hydrogen (secondary N) is 1. The Morgan fingerprint density at radius 3 is 2.36 bits per heavy atom. The lowest BCUT2D eigenvalue weighted by Gasteiger charge is -2.26. The first kappa shape index (κ1) is 20.8. The fourth-order valence-electron chi connectivity index (χ4n) is 5.01. The zero-order valence-electron chi connectivity index (χ0n) is 17.6. The van der Waals surface area contributed by atoms with Gasteiger partial charge in [-0.1, -0.05) is 58.4 Å². The van der Waals surface area contributed by atoms with Crippen molar-refractivity contribution in [3.05, 3.63) is 35.4 Å². The number of aliphatic carboxylic acids is 1. The van der Waals surface area contributed by atoms with E-state index in [4.69, 9.17) is 0 Å². The van der Waals surface area contributed by atoms with E-state index in [1.54, 1.807) is 0 Å². The molecule has 1 saturated heterocycles. The summed E-state index contributed by atoms with van der Waals surface area (Å²) in [5, 5.41) is 12.9. The van der Waals surface area contributed by atoms with E-state index in [0.29, 0.717) is 12.5 Å². The second-order valence-corrected chi connectivity index (χ2v) is 9.33. The van der Waals surface area contributed by atoms with E-state index in [-0.39, 0.29) is 30.3 Å². The molecule has 0 aromatic heterocycles. The van der Waals surface area contributed by atoms with Crippen LogP contribution < -0.4 is 5.32 Å². The van der Waals surface area contributed by atoms with Crippen molar-refractivity contribution < 1.29 is 14.7 Å². The van der Waals surface area contributed by atoms with Crippen LogP contribution in [0.5, 0.6) is 0 Å². The van der Waals surface area contributed by atoms with Gasteiger partial charge in [0.2, 0.25) is 5.91 Å². The van der Waals surface area contributed by atoms with Crippen molar-refractivity contribution in [2.45, 2.75) is 58.9 Å². The Bertz CT molecular complexity index is 713. The van der Waals surface area contributed by atoms with Crippen molar-refractivity contribution >= 4 is 11.9 Å². The maximum absolute atomic E-state index is 12.8. The molecule has 3 atom stereocenters. The van der Waals surface area contributed by atoms with Crippen LogP contribution in [0.25, 0.3) is 0 Å². The van der Waals surface area contributed by atoms with Crippen LogP contribution in [-0.4, -0.2) is 41.5 Å². The highest BCUT2D eigenvalue weighted by atomic mass is 16.4. The average molecular weight is 387 g/mol. The van der Waals surface area contributed by atoms with Crippen molar-refractivity contribution in [2.75, 3.05) is 19.6 Å². The third kappa shape index (κ3) is 4.09. The fourth-order valence-corrected chi connectivity index (χ4v) is 5.01. The molecule has 0 bridgehead atoms. The van der Waals surface area contributed by atoms with Gasteiger partial charge in [0.1, 0.15) is 0 Å². The minimum atomic E-state index is -0.691. The summed E-state index contributed by atoms with van der Waals surface area (Å²) < 4.78 is 0. The zero-order valence-corrected chi connectivity index (χ0v) is 17.6. The van der Waals surface area contributed by atoms with Gasteiger partial charge in [-0.15, -0.1) is 0 Å². The van der Waals surface area contributed by atoms with Crippen molar-refractivity contribution in [3.8, 4) is 0 Å². The molecule has 2 aliphatic rings. The van der Waals surface area contributed by atoms with E-state index in [9.17, 15) is 14.7 Å². The Hall–Kier alpha value is -1.88. The Labute approximate surface area is 168 Å². The molecule has 2 N–H and O–H groups in total. The zero-order chi connectivity index (χ0) is 20.5. The quantitative estimate of drug-likeness (QED) is 0.748. The molecule has 5 nitrogen and oxygen atoms in total. The van der Waals surface area contributed by atoms with Crippen molar-refractivity contribution in [1.82, 2.24) is 10.2 Å². The van der Waals surface area contributed by atoms with Crippen LogP contribution in [0, 0.1) is 17.3 Å². The highest BCUT2D eigenvalue weighted by Crippen LogP contribution is 2.48. The third-order valence-corrected chi connectivity index (χ3v) is 6.68. The van der Waals surface area contributed by atoms with Crippen LogP contribution in [0.4, 0.5) is 0 Å². The summed E-state index contributed by atoms with van der Waals surface area (Å²) in [4.78, 5) is 26.6. The van der Waals surface area contributed by atoms with Crippen molar-refractivity contribution in [3.63, 3.8) is 0 Å². The van der Waals surface area contributed by atoms with Crippen LogP contribution in [0.1, 0.15) is 70.0 Å². The van der Waals surface area contributed by atoms with Crippen LogP contribution in [0.3, 0.4) is 0 Å². The standard InChI is InChI=1S/C23H34N2O3/c1-15(2)17-7-9-18(10-8-17)21(16(3)4)24-20(26)13-25-12-19-6-5-11-23(19,14-25)22(27)28/h7-10,15-16,19,21H,5-6,11-14H2,1-4H3,(H,24,26)(H,27,28)/t19-,21?,23+/m0/s1. The minimum Gasteiger partial charge on any atom is -0.481 e. The topological polar surface area (TPSA) is 69.6 Å². The number of carbonyl (C=O) groups excluding carboxylic acids is 1. The Balaban J connectivity index is 1.63. The molecule has 3 rings (SSSR count). The van der Waals surface area contributed by atoms with Gasteiger partial charge in [-0.3, -0.25) is 14.5 Å². The monoisotopic (exact) mass is 386 g/mol. The van der Waals surface area contributed by atoms with Gasteiger partial charge < -0.3 is 10.4 Å². The van der Waals surface area contributed by atoms with Gasteiger partial charge in [0.25, 0.3) is 0 Å². The summed E-state index contributed by atoms with van der Waals surface area (Å²) in [5.74, 6) is 0.229. The summed E-state index contributed by atoms with van der Waals surface area (Å²) in [7, 11) is 0. The van der Waals surface area contributed by atoms with Gasteiger partial charge in [0.05, 0.1) is 18.0 Å². The van der Waals surface area contributed by atoms with Crippen molar-refractivity contribution in [2.24, 2.45) is 17.3 Å². The Kier molecular flexibility index (Phi) is 6.13. The van der Waals surface area contributed by atoms with Crippen LogP contribution in [0.15, 0.2) is 24.3 Å². The highest BCUT2D eigenvalue weighted by Gasteiger charge is 2.54. The number of nitrogens with zero attached hydrogens (tertiary/aromatic N) is 1. The summed E-state index contributed by atoms with van der Waals surface area (Å²) in [5.41, 5.74) is 1.78. The number of benzene rings is 1. The molecule has 1 aliphatic heterocycles. The number of hydrogen-bond donors (Lipinski definition) is 2. The number of amides is 1. The fraction of sp³-hybridized carbons (Fsp3) is 0.652. The van der Waals surface area contributed by atoms with Gasteiger partial charge in [0.15, 0.2) is 0 Å². The maximum Gasteiger partial charge on any atom is 0.311 e. The molecule has 1 heterocycles. The molecule has 1 aromatic carbocycles. The van der Waals surface area contributed by atoms with Gasteiger partial charge in [-0.2, -0.15) is 0 Å². The minimum absolute atomic E-state index is 0.0212. The molecule has 0 spiro atoms. The molecule has 0 radical (unpaired) electrons. The average Bonchev–Trinajstić information content (AvgIpc) is 3.17. The SMILES string of the molecule is CC(C)c1ccc(C(NC(=O)CN2C[C@@H]3CCC[C@@]3(C(=O)O)C2)C(C)C)cc1. The van der Waals surface area contributed by atoms with Crippen molar-refractivity contribution in [1.29, 1.82) is 0 Å². The van der Waals surface area contributed by atoms with E-state index >= 15 is 0 Å². The van der Waals surface area contributed by atoms with Gasteiger partial charge in [-0.25, -0.2) is 0 Å². The maximum atomic E-state index is 12.8. The molecule has 154 valence electrons. The van der Waals surface area contributed by atoms with E-state index < -0.39 is 11.4 Å². The van der Waals surface area contributed by atoms with Crippen LogP contribution in [0.2, 0.25) is 0 Å². The second-order valence-electron chi connectivity index (χ2n) is 9.33. The summed E-state index contributed by atoms with van der Waals surface area (Å²) in [6.07, 6.45) is 2.68. The number of hydrogen-bond acceptors (Lipinski definition) is 3. The lowest BCUT2D eigenvalue weighted by Crippen LogP contribution is -2.41. The van der Waals surface area contributed by atoms with Gasteiger partial charge in [0, 0.05) is 13.1 Å². The molecule has 28 heavy (non-hydrogen) atoms. The molecule has 1 amide bonds. The second kappa shape index (κ2) is 8.24. The summed E-state index contributed by atoms with van der Waals surface area (Å²) >= 11 is 0. The first-order valence-corrected chi connectivity index (χ1v) is 10.6. The molecule has 1 aromatic rings. The van der Waals surface area contributed by atoms with Crippen LogP contribution in [-0.2, 0) is 9.59 Å². The van der Waals surface area contributed by atoms with E-state index in [0.717, 1.165) is 31.4 Å². The number of carboxylic acid groups (broad SMARTS) is 1. The summed E-state index contributed by atoms with van der Waals surface area (Å²) in [6, 6.07) is 8.46. The van der Waals surface area contributed by atoms with Crippen LogP contribution >= 0.6 is 0 Å². The lowest BCUT2D eigenvalue weighted by molar-refractivity contribution is -0.149. The molecule has 1 unspecified atom stereocenters. The van der Waals surface area contributed by atoms with E-state index in [1.165, 1.54) is 5.56 Å². The summed E-state index contributed by atoms with van der Waals surface area (Å²) in [6.45, 7) is 10.1. The highest BCUT2D eigenvalue weighted by molar-refractivity contribution is 5.80. The van der Waals surface area contributed by atoms with E-state index in [2.05, 4.69) is 57.3 Å². The van der Waals surface area contributed by atoms with Gasteiger partial charge >= 0.3 is 5.97 Å². The normalized spacial score (nSPS) is 25.9. The largest absolute Gasteiger partial charge is 0.481 e. The molecular weight excluding hydrogens is 352 g/mol. The third-order valence-electron chi connectivity index (χ3n) is 6.68. The number of likely N-dealkylation sites (tertiary alicyclic amines) is 1. The molecule has 5 heteroatoms. The lowest BCUT2D eigenvalue weighted by atomic mass is 9.81. The number of rotatable bonds is 7. The number of carboxylic acids is 1. The van der Waals surface area contributed by atoms with Gasteiger partial charge in [-0.05, 0) is 41.7 Å². The number of fused-ring (bicyclic) bond motifs is 1. The Morgan fingerprint density at radius 2 is 1.82 bits per heavy atom. The first-order chi connectivity index (χ1) is 13.2.